The van der Waals surface area contributed by atoms with Gasteiger partial charge in [-0.15, -0.1) is 0 Å². The standard InChI is InChI=1S/C20H19F3N6O2/c21-12-5-11(6-13(22)7-12)17-1-3-27-29(17)20(31)14-2-4-28(9-15(14)23)18-8-16(19(24)30)25-10-26-18/h3,5-8,10,14-15,17H,1-2,4,9H2,(H2,24,30)/t14-,15-,17+/m1/s1. The smallest absolute Gasteiger partial charge is 0.267 e. The number of piperidine rings is 1. The molecule has 4 rings (SSSR count). The SMILES string of the molecule is NC(=O)c1cc(N2CC[C@@H](C(=O)N3N=CC[C@H]3c3cc(F)cc(F)c3)[C@H](F)C2)ncn1. The number of hydrogen-bond donors (Lipinski definition) is 1. The summed E-state index contributed by atoms with van der Waals surface area (Å²) in [6.45, 7) is 0.186. The Kier molecular flexibility index (Phi) is 5.57. The predicted molar refractivity (Wildman–Crippen MR) is 105 cm³/mol. The number of rotatable bonds is 4. The average Bonchev–Trinajstić information content (AvgIpc) is 3.22. The number of hydrazone groups is 1. The van der Waals surface area contributed by atoms with E-state index in [0.717, 1.165) is 23.2 Å². The molecule has 0 saturated carbocycles. The summed E-state index contributed by atoms with van der Waals surface area (Å²) in [6, 6.07) is 3.71. The van der Waals surface area contributed by atoms with Crippen LogP contribution in [0.15, 0.2) is 35.7 Å². The minimum Gasteiger partial charge on any atom is -0.364 e. The van der Waals surface area contributed by atoms with Crippen LogP contribution in [-0.2, 0) is 4.79 Å². The van der Waals surface area contributed by atoms with E-state index in [0.29, 0.717) is 12.4 Å². The number of primary amides is 1. The molecule has 1 fully saturated rings. The molecule has 2 amide bonds. The molecular formula is C20H19F3N6O2. The van der Waals surface area contributed by atoms with E-state index < -0.39 is 41.6 Å². The Morgan fingerprint density at radius 1 is 1.10 bits per heavy atom. The highest BCUT2D eigenvalue weighted by atomic mass is 19.1. The first-order chi connectivity index (χ1) is 14.8. The van der Waals surface area contributed by atoms with E-state index in [9.17, 15) is 18.4 Å². The Balaban J connectivity index is 1.48. The molecular weight excluding hydrogens is 413 g/mol. The van der Waals surface area contributed by atoms with Crippen molar-refractivity contribution in [1.29, 1.82) is 0 Å². The summed E-state index contributed by atoms with van der Waals surface area (Å²) in [4.78, 5) is 33.8. The van der Waals surface area contributed by atoms with Gasteiger partial charge in [-0.2, -0.15) is 5.10 Å². The molecule has 0 radical (unpaired) electrons. The van der Waals surface area contributed by atoms with Crippen molar-refractivity contribution in [1.82, 2.24) is 15.0 Å². The second kappa shape index (κ2) is 8.32. The molecule has 11 heteroatoms. The molecule has 1 saturated heterocycles. The van der Waals surface area contributed by atoms with Gasteiger partial charge in [0.05, 0.1) is 18.5 Å². The van der Waals surface area contributed by atoms with Crippen molar-refractivity contribution >= 4 is 23.8 Å². The van der Waals surface area contributed by atoms with Gasteiger partial charge in [0.2, 0.25) is 5.91 Å². The molecule has 2 aliphatic heterocycles. The normalized spacial score (nSPS) is 23.3. The summed E-state index contributed by atoms with van der Waals surface area (Å²) >= 11 is 0. The molecule has 0 aliphatic carbocycles. The average molecular weight is 432 g/mol. The Bertz CT molecular complexity index is 1030. The van der Waals surface area contributed by atoms with Gasteiger partial charge in [-0.3, -0.25) is 9.59 Å². The van der Waals surface area contributed by atoms with Crippen LogP contribution in [0.25, 0.3) is 0 Å². The van der Waals surface area contributed by atoms with Crippen molar-refractivity contribution in [3.8, 4) is 0 Å². The number of halogens is 3. The lowest BCUT2D eigenvalue weighted by Crippen LogP contribution is -2.48. The van der Waals surface area contributed by atoms with E-state index in [-0.39, 0.29) is 30.6 Å². The van der Waals surface area contributed by atoms with E-state index in [1.54, 1.807) is 4.90 Å². The number of anilines is 1. The van der Waals surface area contributed by atoms with E-state index >= 15 is 4.39 Å². The van der Waals surface area contributed by atoms with Crippen LogP contribution in [0.1, 0.15) is 34.9 Å². The maximum absolute atomic E-state index is 15.0. The zero-order chi connectivity index (χ0) is 22.1. The third-order valence-electron chi connectivity index (χ3n) is 5.41. The van der Waals surface area contributed by atoms with Crippen molar-refractivity contribution in [3.05, 3.63) is 53.5 Å². The van der Waals surface area contributed by atoms with Crippen molar-refractivity contribution in [2.45, 2.75) is 25.1 Å². The number of nitrogens with zero attached hydrogens (tertiary/aromatic N) is 5. The number of carbonyl (C=O) groups excluding carboxylic acids is 2. The van der Waals surface area contributed by atoms with Crippen LogP contribution >= 0.6 is 0 Å². The highest BCUT2D eigenvalue weighted by molar-refractivity contribution is 5.91. The van der Waals surface area contributed by atoms with Gasteiger partial charge >= 0.3 is 0 Å². The molecule has 0 bridgehead atoms. The lowest BCUT2D eigenvalue weighted by molar-refractivity contribution is -0.140. The summed E-state index contributed by atoms with van der Waals surface area (Å²) in [6.07, 6.45) is 1.56. The van der Waals surface area contributed by atoms with Crippen molar-refractivity contribution in [2.24, 2.45) is 16.8 Å². The molecule has 3 atom stereocenters. The molecule has 0 spiro atoms. The summed E-state index contributed by atoms with van der Waals surface area (Å²) < 4.78 is 42.2. The Morgan fingerprint density at radius 3 is 2.52 bits per heavy atom. The maximum Gasteiger partial charge on any atom is 0.267 e. The van der Waals surface area contributed by atoms with E-state index in [2.05, 4.69) is 15.1 Å². The molecule has 1 aromatic carbocycles. The summed E-state index contributed by atoms with van der Waals surface area (Å²) in [5.41, 5.74) is 5.49. The van der Waals surface area contributed by atoms with Gasteiger partial charge in [-0.05, 0) is 24.1 Å². The highest BCUT2D eigenvalue weighted by Crippen LogP contribution is 2.34. The van der Waals surface area contributed by atoms with Crippen molar-refractivity contribution in [3.63, 3.8) is 0 Å². The summed E-state index contributed by atoms with van der Waals surface area (Å²) in [7, 11) is 0. The van der Waals surface area contributed by atoms with Gasteiger partial charge in [0.25, 0.3) is 5.91 Å². The van der Waals surface area contributed by atoms with Crippen molar-refractivity contribution < 1.29 is 22.8 Å². The fourth-order valence-corrected chi connectivity index (χ4v) is 3.89. The number of aromatic nitrogens is 2. The zero-order valence-electron chi connectivity index (χ0n) is 16.3. The molecule has 2 aromatic rings. The van der Waals surface area contributed by atoms with E-state index in [4.69, 9.17) is 5.73 Å². The van der Waals surface area contributed by atoms with Crippen molar-refractivity contribution in [2.75, 3.05) is 18.0 Å². The highest BCUT2D eigenvalue weighted by Gasteiger charge is 2.40. The van der Waals surface area contributed by atoms with Gasteiger partial charge in [0, 0.05) is 31.3 Å². The third-order valence-corrected chi connectivity index (χ3v) is 5.41. The monoisotopic (exact) mass is 432 g/mol. The molecule has 8 nitrogen and oxygen atoms in total. The fraction of sp³-hybridized carbons (Fsp3) is 0.350. The first kappa shape index (κ1) is 20.8. The third kappa shape index (κ3) is 4.21. The summed E-state index contributed by atoms with van der Waals surface area (Å²) in [5, 5.41) is 5.14. The van der Waals surface area contributed by atoms with Gasteiger partial charge < -0.3 is 10.6 Å². The molecule has 31 heavy (non-hydrogen) atoms. The number of alkyl halides is 1. The van der Waals surface area contributed by atoms with Gasteiger partial charge in [0.15, 0.2) is 0 Å². The minimum atomic E-state index is -1.53. The topological polar surface area (TPSA) is 105 Å². The lowest BCUT2D eigenvalue weighted by Gasteiger charge is -2.36. The van der Waals surface area contributed by atoms with Crippen LogP contribution in [0.2, 0.25) is 0 Å². The Morgan fingerprint density at radius 2 is 1.84 bits per heavy atom. The Hall–Kier alpha value is -3.50. The molecule has 2 N–H and O–H groups in total. The number of nitrogens with two attached hydrogens (primary N) is 1. The molecule has 162 valence electrons. The van der Waals surface area contributed by atoms with Crippen LogP contribution in [-0.4, -0.2) is 52.3 Å². The lowest BCUT2D eigenvalue weighted by atomic mass is 9.92. The molecule has 0 unspecified atom stereocenters. The first-order valence-corrected chi connectivity index (χ1v) is 9.66. The molecule has 2 aliphatic rings. The van der Waals surface area contributed by atoms with Gasteiger partial charge in [0.1, 0.15) is 35.6 Å². The second-order valence-corrected chi connectivity index (χ2v) is 7.42. The van der Waals surface area contributed by atoms with Crippen LogP contribution in [0.5, 0.6) is 0 Å². The van der Waals surface area contributed by atoms with E-state index in [1.807, 2.05) is 0 Å². The number of hydrogen-bond acceptors (Lipinski definition) is 6. The number of benzene rings is 1. The first-order valence-electron chi connectivity index (χ1n) is 9.66. The Labute approximate surface area is 175 Å². The maximum atomic E-state index is 15.0. The minimum absolute atomic E-state index is 0.00943. The number of amides is 2. The fourth-order valence-electron chi connectivity index (χ4n) is 3.89. The zero-order valence-corrected chi connectivity index (χ0v) is 16.3. The predicted octanol–water partition coefficient (Wildman–Crippen LogP) is 1.98. The van der Waals surface area contributed by atoms with Crippen LogP contribution < -0.4 is 10.6 Å². The largest absolute Gasteiger partial charge is 0.364 e. The van der Waals surface area contributed by atoms with E-state index in [1.165, 1.54) is 18.6 Å². The van der Waals surface area contributed by atoms with Crippen LogP contribution in [0.3, 0.4) is 0 Å². The molecule has 1 aromatic heterocycles. The molecule has 3 heterocycles. The number of carbonyl (C=O) groups is 2. The summed E-state index contributed by atoms with van der Waals surface area (Å²) in [5.74, 6) is -3.42. The van der Waals surface area contributed by atoms with Crippen LogP contribution in [0, 0.1) is 17.6 Å². The van der Waals surface area contributed by atoms with Gasteiger partial charge in [-0.25, -0.2) is 28.1 Å². The second-order valence-electron chi connectivity index (χ2n) is 7.42. The van der Waals surface area contributed by atoms with Gasteiger partial charge in [-0.1, -0.05) is 0 Å². The quantitative estimate of drug-likeness (QED) is 0.796. The van der Waals surface area contributed by atoms with Crippen LogP contribution in [0.4, 0.5) is 19.0 Å².